The summed E-state index contributed by atoms with van der Waals surface area (Å²) < 4.78 is 11.0. The van der Waals surface area contributed by atoms with Crippen molar-refractivity contribution in [1.29, 1.82) is 0 Å². The van der Waals surface area contributed by atoms with Crippen LogP contribution < -0.4 is 0 Å². The SMILES string of the molecule is CC(C)(C)OC(=O)[C@H]1CCCN1CC(=O)N1CCC[C@@H]1C(=O)OC(C)(C)C. The van der Waals surface area contributed by atoms with Crippen molar-refractivity contribution < 1.29 is 23.9 Å². The first-order chi connectivity index (χ1) is 12.4. The van der Waals surface area contributed by atoms with Gasteiger partial charge in [0.2, 0.25) is 5.91 Å². The predicted octanol–water partition coefficient (Wildman–Crippen LogP) is 2.13. The van der Waals surface area contributed by atoms with E-state index in [1.54, 1.807) is 4.90 Å². The second kappa shape index (κ2) is 8.17. The highest BCUT2D eigenvalue weighted by Gasteiger charge is 2.40. The first-order valence-electron chi connectivity index (χ1n) is 9.86. The second-order valence-electron chi connectivity index (χ2n) is 9.44. The van der Waals surface area contributed by atoms with Crippen molar-refractivity contribution in [3.05, 3.63) is 0 Å². The Morgan fingerprint density at radius 1 is 0.815 bits per heavy atom. The van der Waals surface area contributed by atoms with Crippen molar-refractivity contribution >= 4 is 17.8 Å². The number of nitrogens with zero attached hydrogens (tertiary/aromatic N) is 2. The van der Waals surface area contributed by atoms with E-state index in [1.165, 1.54) is 0 Å². The first kappa shape index (κ1) is 21.7. The van der Waals surface area contributed by atoms with Crippen molar-refractivity contribution in [1.82, 2.24) is 9.80 Å². The van der Waals surface area contributed by atoms with Crippen molar-refractivity contribution in [2.45, 2.75) is 90.5 Å². The smallest absolute Gasteiger partial charge is 0.329 e. The van der Waals surface area contributed by atoms with Gasteiger partial charge in [0, 0.05) is 6.54 Å². The Hall–Kier alpha value is -1.63. The van der Waals surface area contributed by atoms with Gasteiger partial charge in [-0.05, 0) is 73.8 Å². The number of rotatable bonds is 4. The molecule has 1 amide bonds. The van der Waals surface area contributed by atoms with Crippen LogP contribution in [0.15, 0.2) is 0 Å². The van der Waals surface area contributed by atoms with Gasteiger partial charge in [-0.2, -0.15) is 0 Å². The maximum Gasteiger partial charge on any atom is 0.329 e. The molecule has 2 atom stereocenters. The van der Waals surface area contributed by atoms with E-state index in [0.717, 1.165) is 12.8 Å². The van der Waals surface area contributed by atoms with Crippen molar-refractivity contribution in [3.63, 3.8) is 0 Å². The molecule has 154 valence electrons. The lowest BCUT2D eigenvalue weighted by Gasteiger charge is -2.30. The summed E-state index contributed by atoms with van der Waals surface area (Å²) in [7, 11) is 0. The van der Waals surface area contributed by atoms with Gasteiger partial charge in [0.05, 0.1) is 6.54 Å². The lowest BCUT2D eigenvalue weighted by atomic mass is 10.1. The molecule has 0 saturated carbocycles. The number of amides is 1. The van der Waals surface area contributed by atoms with Gasteiger partial charge in [-0.1, -0.05) is 0 Å². The van der Waals surface area contributed by atoms with Gasteiger partial charge in [-0.15, -0.1) is 0 Å². The van der Waals surface area contributed by atoms with Crippen LogP contribution in [-0.4, -0.2) is 70.6 Å². The number of ether oxygens (including phenoxy) is 2. The Bertz CT molecular complexity index is 576. The topological polar surface area (TPSA) is 76.2 Å². The summed E-state index contributed by atoms with van der Waals surface area (Å²) in [6.07, 6.45) is 2.95. The van der Waals surface area contributed by atoms with E-state index in [-0.39, 0.29) is 24.4 Å². The largest absolute Gasteiger partial charge is 0.459 e. The quantitative estimate of drug-likeness (QED) is 0.693. The summed E-state index contributed by atoms with van der Waals surface area (Å²) in [5.41, 5.74) is -1.13. The van der Waals surface area contributed by atoms with Crippen LogP contribution in [0, 0.1) is 0 Å². The molecule has 2 saturated heterocycles. The highest BCUT2D eigenvalue weighted by molar-refractivity contribution is 5.87. The van der Waals surface area contributed by atoms with Crippen molar-refractivity contribution in [3.8, 4) is 0 Å². The molecule has 0 aromatic heterocycles. The van der Waals surface area contributed by atoms with E-state index in [4.69, 9.17) is 9.47 Å². The van der Waals surface area contributed by atoms with E-state index in [9.17, 15) is 14.4 Å². The minimum absolute atomic E-state index is 0.126. The summed E-state index contributed by atoms with van der Waals surface area (Å²) in [6.45, 7) is 12.3. The van der Waals surface area contributed by atoms with Crippen molar-refractivity contribution in [2.75, 3.05) is 19.6 Å². The zero-order valence-corrected chi connectivity index (χ0v) is 17.5. The Balaban J connectivity index is 1.98. The highest BCUT2D eigenvalue weighted by atomic mass is 16.6. The van der Waals surface area contributed by atoms with Crippen LogP contribution in [0.4, 0.5) is 0 Å². The molecule has 0 bridgehead atoms. The molecule has 2 rings (SSSR count). The van der Waals surface area contributed by atoms with Gasteiger partial charge in [0.1, 0.15) is 23.3 Å². The third kappa shape index (κ3) is 6.19. The van der Waals surface area contributed by atoms with Crippen LogP contribution in [0.3, 0.4) is 0 Å². The number of esters is 2. The summed E-state index contributed by atoms with van der Waals surface area (Å²) in [5, 5.41) is 0. The number of carbonyl (C=O) groups is 3. The lowest BCUT2D eigenvalue weighted by molar-refractivity contribution is -0.165. The normalized spacial score (nSPS) is 24.1. The average molecular weight is 383 g/mol. The van der Waals surface area contributed by atoms with Gasteiger partial charge in [0.15, 0.2) is 0 Å². The van der Waals surface area contributed by atoms with Crippen LogP contribution in [0.1, 0.15) is 67.2 Å². The maximum absolute atomic E-state index is 12.9. The fourth-order valence-electron chi connectivity index (χ4n) is 3.60. The van der Waals surface area contributed by atoms with Gasteiger partial charge in [-0.3, -0.25) is 14.5 Å². The van der Waals surface area contributed by atoms with E-state index in [2.05, 4.69) is 0 Å². The number of carbonyl (C=O) groups excluding carboxylic acids is 3. The first-order valence-corrected chi connectivity index (χ1v) is 9.86. The Morgan fingerprint density at radius 3 is 1.85 bits per heavy atom. The fourth-order valence-corrected chi connectivity index (χ4v) is 3.60. The van der Waals surface area contributed by atoms with E-state index in [0.29, 0.717) is 25.9 Å². The minimum atomic E-state index is -0.578. The monoisotopic (exact) mass is 382 g/mol. The van der Waals surface area contributed by atoms with Gasteiger partial charge < -0.3 is 14.4 Å². The van der Waals surface area contributed by atoms with Gasteiger partial charge in [0.25, 0.3) is 0 Å². The molecule has 2 aliphatic rings. The van der Waals surface area contributed by atoms with E-state index in [1.807, 2.05) is 46.4 Å². The van der Waals surface area contributed by atoms with Gasteiger partial charge in [-0.25, -0.2) is 4.79 Å². The summed E-state index contributed by atoms with van der Waals surface area (Å²) >= 11 is 0. The zero-order valence-electron chi connectivity index (χ0n) is 17.5. The Kier molecular flexibility index (Phi) is 6.55. The second-order valence-corrected chi connectivity index (χ2v) is 9.44. The minimum Gasteiger partial charge on any atom is -0.459 e. The van der Waals surface area contributed by atoms with Crippen LogP contribution in [0.25, 0.3) is 0 Å². The third-order valence-electron chi connectivity index (χ3n) is 4.63. The van der Waals surface area contributed by atoms with E-state index >= 15 is 0 Å². The molecule has 2 aliphatic heterocycles. The standard InChI is InChI=1S/C20H34N2O5/c1-19(2,3)26-17(24)14-9-7-11-21(14)13-16(23)22-12-8-10-15(22)18(25)27-20(4,5)6/h14-15H,7-13H2,1-6H3/t14-,15-/m1/s1. The number of likely N-dealkylation sites (tertiary alicyclic amines) is 2. The number of hydrogen-bond acceptors (Lipinski definition) is 6. The molecule has 2 fully saturated rings. The van der Waals surface area contributed by atoms with Crippen LogP contribution in [0.2, 0.25) is 0 Å². The molecule has 0 aliphatic carbocycles. The predicted molar refractivity (Wildman–Crippen MR) is 101 cm³/mol. The molecule has 27 heavy (non-hydrogen) atoms. The van der Waals surface area contributed by atoms with E-state index < -0.39 is 23.3 Å². The molecule has 0 aromatic carbocycles. The molecule has 0 spiro atoms. The molecule has 0 unspecified atom stereocenters. The third-order valence-corrected chi connectivity index (χ3v) is 4.63. The molecule has 0 aromatic rings. The Morgan fingerprint density at radius 2 is 1.30 bits per heavy atom. The fraction of sp³-hybridized carbons (Fsp3) is 0.850. The lowest BCUT2D eigenvalue weighted by Crippen LogP contribution is -2.49. The molecular formula is C20H34N2O5. The van der Waals surface area contributed by atoms with Crippen LogP contribution in [-0.2, 0) is 23.9 Å². The van der Waals surface area contributed by atoms with Crippen LogP contribution in [0.5, 0.6) is 0 Å². The highest BCUT2D eigenvalue weighted by Crippen LogP contribution is 2.24. The van der Waals surface area contributed by atoms with Gasteiger partial charge >= 0.3 is 11.9 Å². The number of hydrogen-bond donors (Lipinski definition) is 0. The Labute approximate surface area is 162 Å². The molecule has 2 heterocycles. The molecule has 7 heteroatoms. The maximum atomic E-state index is 12.9. The molecule has 0 N–H and O–H groups in total. The zero-order chi connectivity index (χ0) is 20.4. The molecule has 0 radical (unpaired) electrons. The van der Waals surface area contributed by atoms with Crippen LogP contribution >= 0.6 is 0 Å². The average Bonchev–Trinajstić information content (AvgIpc) is 3.12. The van der Waals surface area contributed by atoms with Crippen molar-refractivity contribution in [2.24, 2.45) is 0 Å². The summed E-state index contributed by atoms with van der Waals surface area (Å²) in [5.74, 6) is -0.754. The molecule has 7 nitrogen and oxygen atoms in total. The summed E-state index contributed by atoms with van der Waals surface area (Å²) in [6, 6.07) is -0.921. The molecular weight excluding hydrogens is 348 g/mol. The summed E-state index contributed by atoms with van der Waals surface area (Å²) in [4.78, 5) is 41.2.